The second-order valence-electron chi connectivity index (χ2n) is 7.95. The van der Waals surface area contributed by atoms with Crippen LogP contribution in [-0.4, -0.2) is 76.5 Å². The van der Waals surface area contributed by atoms with E-state index in [2.05, 4.69) is 9.88 Å². The van der Waals surface area contributed by atoms with Crippen LogP contribution in [0.1, 0.15) is 5.56 Å². The van der Waals surface area contributed by atoms with E-state index in [-0.39, 0.29) is 29.8 Å². The molecule has 0 N–H and O–H groups in total. The average Bonchev–Trinajstić information content (AvgIpc) is 3.22. The Morgan fingerprint density at radius 3 is 2.65 bits per heavy atom. The van der Waals surface area contributed by atoms with Crippen molar-refractivity contribution in [3.8, 4) is 5.75 Å². The zero-order valence-corrected chi connectivity index (χ0v) is 21.5. The molecular formula is C23H28ClN3O5S2. The second kappa shape index (κ2) is 11.5. The zero-order chi connectivity index (χ0) is 23.4. The van der Waals surface area contributed by atoms with Gasteiger partial charge in [-0.05, 0) is 36.8 Å². The van der Waals surface area contributed by atoms with Gasteiger partial charge in [0.15, 0.2) is 21.6 Å². The van der Waals surface area contributed by atoms with E-state index in [1.807, 2.05) is 31.2 Å². The number of ether oxygens (including phenoxy) is 2. The van der Waals surface area contributed by atoms with Crippen molar-refractivity contribution in [1.29, 1.82) is 0 Å². The van der Waals surface area contributed by atoms with Gasteiger partial charge in [-0.2, -0.15) is 0 Å². The molecule has 1 aliphatic rings. The van der Waals surface area contributed by atoms with Crippen LogP contribution in [0, 0.1) is 6.92 Å². The number of amides is 1. The third-order valence-corrected chi connectivity index (χ3v) is 7.65. The number of thiazole rings is 1. The molecular weight excluding hydrogens is 498 g/mol. The third-order valence-electron chi connectivity index (χ3n) is 5.50. The summed E-state index contributed by atoms with van der Waals surface area (Å²) in [5.74, 6) is 0.468. The minimum Gasteiger partial charge on any atom is -0.483 e. The Kier molecular flexibility index (Phi) is 8.89. The van der Waals surface area contributed by atoms with Crippen molar-refractivity contribution in [3.63, 3.8) is 0 Å². The highest BCUT2D eigenvalue weighted by Gasteiger charge is 2.23. The minimum atomic E-state index is -3.33. The van der Waals surface area contributed by atoms with Crippen LogP contribution in [0.5, 0.6) is 5.75 Å². The van der Waals surface area contributed by atoms with Gasteiger partial charge in [0.25, 0.3) is 5.91 Å². The molecule has 1 aromatic heterocycles. The lowest BCUT2D eigenvalue weighted by atomic mass is 10.2. The third kappa shape index (κ3) is 6.45. The largest absolute Gasteiger partial charge is 0.483 e. The van der Waals surface area contributed by atoms with Crippen LogP contribution in [0.4, 0.5) is 5.13 Å². The van der Waals surface area contributed by atoms with Crippen molar-refractivity contribution in [2.24, 2.45) is 0 Å². The summed E-state index contributed by atoms with van der Waals surface area (Å²) < 4.78 is 35.8. The molecule has 4 rings (SSSR count). The molecule has 0 atom stereocenters. The first-order valence-electron chi connectivity index (χ1n) is 10.7. The highest BCUT2D eigenvalue weighted by Crippen LogP contribution is 2.31. The molecule has 2 aromatic carbocycles. The summed E-state index contributed by atoms with van der Waals surface area (Å²) in [7, 11) is -3.33. The number of para-hydroxylation sites is 1. The van der Waals surface area contributed by atoms with Gasteiger partial charge in [0.05, 0.1) is 28.3 Å². The molecule has 34 heavy (non-hydrogen) atoms. The number of hydrogen-bond donors (Lipinski definition) is 0. The Bertz CT molecular complexity index is 1240. The van der Waals surface area contributed by atoms with E-state index in [0.717, 1.165) is 23.4 Å². The molecule has 2 heterocycles. The number of anilines is 1. The standard InChI is InChI=1S/C23H27N3O5S2.ClH/c1-17-5-3-4-6-20(17)31-16-22(27)26(10-9-25-11-13-30-14-12-25)23-24-19-8-7-18(33(2,28)29)15-21(19)32-23;/h3-8,15H,9-14,16H2,1-2H3;1H. The molecule has 0 spiro atoms. The van der Waals surface area contributed by atoms with Gasteiger partial charge in [-0.1, -0.05) is 29.5 Å². The summed E-state index contributed by atoms with van der Waals surface area (Å²) in [4.78, 5) is 22.0. The molecule has 1 amide bonds. The predicted molar refractivity (Wildman–Crippen MR) is 136 cm³/mol. The molecule has 1 fully saturated rings. The summed E-state index contributed by atoms with van der Waals surface area (Å²) in [6.07, 6.45) is 1.18. The van der Waals surface area contributed by atoms with Crippen LogP contribution >= 0.6 is 23.7 Å². The molecule has 0 aliphatic carbocycles. The van der Waals surface area contributed by atoms with Gasteiger partial charge in [-0.25, -0.2) is 13.4 Å². The topological polar surface area (TPSA) is 89.0 Å². The zero-order valence-electron chi connectivity index (χ0n) is 19.1. The number of benzene rings is 2. The number of nitrogens with zero attached hydrogens (tertiary/aromatic N) is 3. The summed E-state index contributed by atoms with van der Waals surface area (Å²) >= 11 is 1.31. The van der Waals surface area contributed by atoms with E-state index in [1.54, 1.807) is 23.1 Å². The normalized spacial score (nSPS) is 14.5. The molecule has 0 radical (unpaired) electrons. The van der Waals surface area contributed by atoms with Gasteiger partial charge < -0.3 is 9.47 Å². The quantitative estimate of drug-likeness (QED) is 0.446. The summed E-state index contributed by atoms with van der Waals surface area (Å²) in [5, 5.41) is 0.530. The number of halogens is 1. The fourth-order valence-electron chi connectivity index (χ4n) is 3.57. The van der Waals surface area contributed by atoms with Gasteiger partial charge in [0.2, 0.25) is 0 Å². The number of aryl methyl sites for hydroxylation is 1. The lowest BCUT2D eigenvalue weighted by molar-refractivity contribution is -0.120. The van der Waals surface area contributed by atoms with Crippen LogP contribution in [-0.2, 0) is 19.4 Å². The lowest BCUT2D eigenvalue weighted by Crippen LogP contribution is -2.44. The van der Waals surface area contributed by atoms with E-state index < -0.39 is 9.84 Å². The van der Waals surface area contributed by atoms with Crippen molar-refractivity contribution in [2.45, 2.75) is 11.8 Å². The Labute approximate surface area is 209 Å². The van der Waals surface area contributed by atoms with Crippen LogP contribution < -0.4 is 9.64 Å². The van der Waals surface area contributed by atoms with Crippen LogP contribution in [0.2, 0.25) is 0 Å². The van der Waals surface area contributed by atoms with Crippen molar-refractivity contribution in [3.05, 3.63) is 48.0 Å². The Balaban J connectivity index is 0.00000324. The fourth-order valence-corrected chi connectivity index (χ4v) is 5.34. The minimum absolute atomic E-state index is 0. The smallest absolute Gasteiger partial charge is 0.266 e. The van der Waals surface area contributed by atoms with Crippen molar-refractivity contribution in [2.75, 3.05) is 57.2 Å². The predicted octanol–water partition coefficient (Wildman–Crippen LogP) is 3.17. The fraction of sp³-hybridized carbons (Fsp3) is 0.391. The van der Waals surface area contributed by atoms with Crippen molar-refractivity contribution < 1.29 is 22.7 Å². The highest BCUT2D eigenvalue weighted by atomic mass is 35.5. The number of rotatable bonds is 8. The molecule has 1 aliphatic heterocycles. The molecule has 11 heteroatoms. The summed E-state index contributed by atoms with van der Waals surface area (Å²) in [6.45, 7) is 5.96. The summed E-state index contributed by atoms with van der Waals surface area (Å²) in [5.41, 5.74) is 1.62. The number of aromatic nitrogens is 1. The maximum absolute atomic E-state index is 13.2. The average molecular weight is 526 g/mol. The van der Waals surface area contributed by atoms with E-state index in [0.29, 0.717) is 42.7 Å². The number of fused-ring (bicyclic) bond motifs is 1. The highest BCUT2D eigenvalue weighted by molar-refractivity contribution is 7.90. The van der Waals surface area contributed by atoms with Crippen molar-refractivity contribution in [1.82, 2.24) is 9.88 Å². The second-order valence-corrected chi connectivity index (χ2v) is 11.0. The SMILES string of the molecule is Cc1ccccc1OCC(=O)N(CCN1CCOCC1)c1nc2ccc(S(C)(=O)=O)cc2s1.Cl. The number of sulfone groups is 1. The maximum Gasteiger partial charge on any atom is 0.266 e. The monoisotopic (exact) mass is 525 g/mol. The van der Waals surface area contributed by atoms with Crippen LogP contribution in [0.15, 0.2) is 47.4 Å². The number of carbonyl (C=O) groups is 1. The van der Waals surface area contributed by atoms with E-state index in [4.69, 9.17) is 9.47 Å². The molecule has 8 nitrogen and oxygen atoms in total. The van der Waals surface area contributed by atoms with E-state index in [1.165, 1.54) is 17.6 Å². The number of morpholine rings is 1. The molecule has 3 aromatic rings. The first-order valence-corrected chi connectivity index (χ1v) is 13.4. The summed E-state index contributed by atoms with van der Waals surface area (Å²) in [6, 6.07) is 12.4. The van der Waals surface area contributed by atoms with Gasteiger partial charge in [0, 0.05) is 32.4 Å². The van der Waals surface area contributed by atoms with Gasteiger partial charge in [-0.15, -0.1) is 12.4 Å². The number of carbonyl (C=O) groups excluding carboxylic acids is 1. The molecule has 0 bridgehead atoms. The Hall–Kier alpha value is -2.24. The van der Waals surface area contributed by atoms with Crippen LogP contribution in [0.3, 0.4) is 0 Å². The molecule has 0 saturated carbocycles. The first-order chi connectivity index (χ1) is 15.8. The first kappa shape index (κ1) is 26.4. The lowest BCUT2D eigenvalue weighted by Gasteiger charge is -2.29. The van der Waals surface area contributed by atoms with Crippen molar-refractivity contribution >= 4 is 54.8 Å². The van der Waals surface area contributed by atoms with Crippen LogP contribution in [0.25, 0.3) is 10.2 Å². The Morgan fingerprint density at radius 2 is 1.94 bits per heavy atom. The van der Waals surface area contributed by atoms with Gasteiger partial charge >= 0.3 is 0 Å². The molecule has 1 saturated heterocycles. The molecule has 0 unspecified atom stereocenters. The van der Waals surface area contributed by atoms with E-state index in [9.17, 15) is 13.2 Å². The maximum atomic E-state index is 13.2. The molecule has 184 valence electrons. The number of hydrogen-bond acceptors (Lipinski definition) is 8. The van der Waals surface area contributed by atoms with Gasteiger partial charge in [0.1, 0.15) is 5.75 Å². The van der Waals surface area contributed by atoms with E-state index >= 15 is 0 Å². The van der Waals surface area contributed by atoms with Gasteiger partial charge in [-0.3, -0.25) is 14.6 Å². The Morgan fingerprint density at radius 1 is 1.21 bits per heavy atom.